The lowest BCUT2D eigenvalue weighted by Crippen LogP contribution is -1.79. The minimum absolute atomic E-state index is 1.20. The normalized spacial score (nSPS) is 10.7. The molecule has 72 valence electrons. The van der Waals surface area contributed by atoms with Gasteiger partial charge in [0.05, 0.1) is 0 Å². The molecule has 15 heavy (non-hydrogen) atoms. The molecule has 3 aromatic rings. The predicted octanol–water partition coefficient (Wildman–Crippen LogP) is 3.96. The maximum absolute atomic E-state index is 4.14. The number of rotatable bonds is 1. The van der Waals surface area contributed by atoms with E-state index >= 15 is 0 Å². The van der Waals surface area contributed by atoms with Gasteiger partial charge in [-0.05, 0) is 39.4 Å². The van der Waals surface area contributed by atoms with E-state index in [1.54, 1.807) is 11.3 Å². The summed E-state index contributed by atoms with van der Waals surface area (Å²) in [4.78, 5) is 4.14. The monoisotopic (exact) mass is 211 g/mol. The molecule has 0 fully saturated rings. The summed E-state index contributed by atoms with van der Waals surface area (Å²) in [6, 6.07) is 10.6. The number of nitrogens with zero attached hydrogens (tertiary/aromatic N) is 1. The van der Waals surface area contributed by atoms with Crippen LogP contribution in [0.4, 0.5) is 0 Å². The first-order valence-corrected chi connectivity index (χ1v) is 5.75. The van der Waals surface area contributed by atoms with Crippen LogP contribution in [0.2, 0.25) is 0 Å². The molecule has 0 aliphatic carbocycles. The molecule has 0 aliphatic heterocycles. The topological polar surface area (TPSA) is 12.9 Å². The van der Waals surface area contributed by atoms with E-state index < -0.39 is 0 Å². The van der Waals surface area contributed by atoms with Gasteiger partial charge < -0.3 is 0 Å². The van der Waals surface area contributed by atoms with Gasteiger partial charge in [-0.3, -0.25) is 4.98 Å². The Balaban J connectivity index is 2.36. The van der Waals surface area contributed by atoms with Crippen LogP contribution in [-0.2, 0) is 0 Å². The molecule has 0 aliphatic rings. The van der Waals surface area contributed by atoms with Gasteiger partial charge in [0.15, 0.2) is 0 Å². The zero-order valence-corrected chi connectivity index (χ0v) is 8.87. The SMILES string of the molecule is c1cc(-c2ccsc2)c2ccncc2c1. The molecule has 2 aromatic heterocycles. The molecule has 1 aromatic carbocycles. The van der Waals surface area contributed by atoms with Gasteiger partial charge in [-0.1, -0.05) is 18.2 Å². The Morgan fingerprint density at radius 1 is 1.07 bits per heavy atom. The summed E-state index contributed by atoms with van der Waals surface area (Å²) < 4.78 is 0. The highest BCUT2D eigenvalue weighted by atomic mass is 32.1. The molecular formula is C13H9NS. The van der Waals surface area contributed by atoms with Crippen molar-refractivity contribution in [1.82, 2.24) is 4.98 Å². The zero-order valence-electron chi connectivity index (χ0n) is 8.05. The lowest BCUT2D eigenvalue weighted by molar-refractivity contribution is 1.36. The minimum Gasteiger partial charge on any atom is -0.264 e. The number of thiophene rings is 1. The zero-order chi connectivity index (χ0) is 10.1. The van der Waals surface area contributed by atoms with Crippen LogP contribution in [-0.4, -0.2) is 4.98 Å². The third-order valence-electron chi connectivity index (χ3n) is 2.51. The summed E-state index contributed by atoms with van der Waals surface area (Å²) >= 11 is 1.73. The number of hydrogen-bond donors (Lipinski definition) is 0. The van der Waals surface area contributed by atoms with Crippen LogP contribution in [0.15, 0.2) is 53.5 Å². The van der Waals surface area contributed by atoms with E-state index in [1.807, 2.05) is 12.4 Å². The van der Waals surface area contributed by atoms with Crippen molar-refractivity contribution < 1.29 is 0 Å². The summed E-state index contributed by atoms with van der Waals surface area (Å²) in [5.74, 6) is 0. The van der Waals surface area contributed by atoms with Crippen molar-refractivity contribution in [1.29, 1.82) is 0 Å². The highest BCUT2D eigenvalue weighted by Crippen LogP contribution is 2.29. The molecule has 0 radical (unpaired) electrons. The van der Waals surface area contributed by atoms with Crippen molar-refractivity contribution in [2.75, 3.05) is 0 Å². The highest BCUT2D eigenvalue weighted by Gasteiger charge is 2.02. The summed E-state index contributed by atoms with van der Waals surface area (Å²) in [7, 11) is 0. The average molecular weight is 211 g/mol. The fourth-order valence-electron chi connectivity index (χ4n) is 1.79. The second kappa shape index (κ2) is 3.48. The van der Waals surface area contributed by atoms with Crippen molar-refractivity contribution in [2.45, 2.75) is 0 Å². The van der Waals surface area contributed by atoms with E-state index in [-0.39, 0.29) is 0 Å². The van der Waals surface area contributed by atoms with Gasteiger partial charge in [-0.25, -0.2) is 0 Å². The first-order chi connectivity index (χ1) is 7.45. The van der Waals surface area contributed by atoms with Crippen LogP contribution in [0.3, 0.4) is 0 Å². The Hall–Kier alpha value is -1.67. The molecule has 0 spiro atoms. The molecule has 0 saturated heterocycles. The minimum atomic E-state index is 1.20. The lowest BCUT2D eigenvalue weighted by atomic mass is 10.0. The molecule has 2 heteroatoms. The maximum Gasteiger partial charge on any atom is 0.0346 e. The summed E-state index contributed by atoms with van der Waals surface area (Å²) in [5, 5.41) is 6.75. The number of fused-ring (bicyclic) bond motifs is 1. The molecule has 0 amide bonds. The molecule has 1 nitrogen and oxygen atoms in total. The van der Waals surface area contributed by atoms with Gasteiger partial charge in [0.1, 0.15) is 0 Å². The Kier molecular flexibility index (Phi) is 2.00. The van der Waals surface area contributed by atoms with E-state index in [0.29, 0.717) is 0 Å². The molecule has 3 rings (SSSR count). The second-order valence-corrected chi connectivity index (χ2v) is 4.19. The Morgan fingerprint density at radius 3 is 2.93 bits per heavy atom. The second-order valence-electron chi connectivity index (χ2n) is 3.41. The van der Waals surface area contributed by atoms with E-state index in [4.69, 9.17) is 0 Å². The Morgan fingerprint density at radius 2 is 2.07 bits per heavy atom. The first kappa shape index (κ1) is 8.62. The van der Waals surface area contributed by atoms with E-state index in [0.717, 1.165) is 0 Å². The quantitative estimate of drug-likeness (QED) is 0.593. The summed E-state index contributed by atoms with van der Waals surface area (Å²) in [6.45, 7) is 0. The van der Waals surface area contributed by atoms with Crippen LogP contribution >= 0.6 is 11.3 Å². The van der Waals surface area contributed by atoms with E-state index in [2.05, 4.69) is 46.1 Å². The smallest absolute Gasteiger partial charge is 0.0346 e. The largest absolute Gasteiger partial charge is 0.264 e. The van der Waals surface area contributed by atoms with Crippen molar-refractivity contribution in [3.8, 4) is 11.1 Å². The fraction of sp³-hybridized carbons (Fsp3) is 0. The molecule has 0 unspecified atom stereocenters. The Bertz CT molecular complexity index is 579. The molecule has 0 atom stereocenters. The van der Waals surface area contributed by atoms with Gasteiger partial charge in [-0.2, -0.15) is 11.3 Å². The lowest BCUT2D eigenvalue weighted by Gasteiger charge is -2.03. The summed E-state index contributed by atoms with van der Waals surface area (Å²) in [6.07, 6.45) is 3.75. The number of aromatic nitrogens is 1. The van der Waals surface area contributed by atoms with Crippen molar-refractivity contribution in [3.05, 3.63) is 53.5 Å². The molecule has 0 N–H and O–H groups in total. The molecule has 0 saturated carbocycles. The van der Waals surface area contributed by atoms with Crippen LogP contribution in [0.1, 0.15) is 0 Å². The molecule has 2 heterocycles. The number of benzene rings is 1. The maximum atomic E-state index is 4.14. The Labute approximate surface area is 92.0 Å². The summed E-state index contributed by atoms with van der Waals surface area (Å²) in [5.41, 5.74) is 2.58. The van der Waals surface area contributed by atoms with Crippen molar-refractivity contribution >= 4 is 22.1 Å². The predicted molar refractivity (Wildman–Crippen MR) is 65.1 cm³/mol. The van der Waals surface area contributed by atoms with Crippen LogP contribution in [0.25, 0.3) is 21.9 Å². The molecule has 0 bridgehead atoms. The number of hydrogen-bond acceptors (Lipinski definition) is 2. The first-order valence-electron chi connectivity index (χ1n) is 4.80. The highest BCUT2D eigenvalue weighted by molar-refractivity contribution is 7.08. The van der Waals surface area contributed by atoms with Gasteiger partial charge >= 0.3 is 0 Å². The van der Waals surface area contributed by atoms with Crippen molar-refractivity contribution in [2.24, 2.45) is 0 Å². The third kappa shape index (κ3) is 1.43. The fourth-order valence-corrected chi connectivity index (χ4v) is 2.45. The molecular weight excluding hydrogens is 202 g/mol. The van der Waals surface area contributed by atoms with E-state index in [9.17, 15) is 0 Å². The van der Waals surface area contributed by atoms with Crippen LogP contribution < -0.4 is 0 Å². The average Bonchev–Trinajstić information content (AvgIpc) is 2.82. The van der Waals surface area contributed by atoms with Gasteiger partial charge in [0.25, 0.3) is 0 Å². The van der Waals surface area contributed by atoms with Crippen LogP contribution in [0.5, 0.6) is 0 Å². The standard InChI is InChI=1S/C13H9NS/c1-2-10-8-14-6-4-13(10)12(3-1)11-5-7-15-9-11/h1-9H. The van der Waals surface area contributed by atoms with Gasteiger partial charge in [-0.15, -0.1) is 0 Å². The van der Waals surface area contributed by atoms with Crippen LogP contribution in [0, 0.1) is 0 Å². The van der Waals surface area contributed by atoms with Crippen molar-refractivity contribution in [3.63, 3.8) is 0 Å². The van der Waals surface area contributed by atoms with Gasteiger partial charge in [0, 0.05) is 17.8 Å². The third-order valence-corrected chi connectivity index (χ3v) is 3.20. The number of pyridine rings is 1. The van der Waals surface area contributed by atoms with Gasteiger partial charge in [0.2, 0.25) is 0 Å². The van der Waals surface area contributed by atoms with E-state index in [1.165, 1.54) is 21.9 Å².